The first-order valence-corrected chi connectivity index (χ1v) is 5.46. The molecule has 0 bridgehead atoms. The van der Waals surface area contributed by atoms with Crippen LogP contribution >= 0.6 is 0 Å². The van der Waals surface area contributed by atoms with Gasteiger partial charge < -0.3 is 9.30 Å². The summed E-state index contributed by atoms with van der Waals surface area (Å²) < 4.78 is 7.40. The number of nitrogens with zero attached hydrogens (tertiary/aromatic N) is 1. The molecule has 0 amide bonds. The van der Waals surface area contributed by atoms with E-state index in [2.05, 4.69) is 42.8 Å². The van der Waals surface area contributed by atoms with Gasteiger partial charge in [-0.2, -0.15) is 0 Å². The highest BCUT2D eigenvalue weighted by Gasteiger charge is 2.01. The van der Waals surface area contributed by atoms with E-state index in [-0.39, 0.29) is 0 Å². The lowest BCUT2D eigenvalue weighted by molar-refractivity contribution is 0.414. The summed E-state index contributed by atoms with van der Waals surface area (Å²) in [5, 5.41) is 0. The second kappa shape index (κ2) is 4.44. The molecule has 0 saturated carbocycles. The zero-order chi connectivity index (χ0) is 11.5. The summed E-state index contributed by atoms with van der Waals surface area (Å²) in [5.74, 6) is 0.907. The minimum absolute atomic E-state index is 0.907. The summed E-state index contributed by atoms with van der Waals surface area (Å²) in [6, 6.07) is 10.4. The zero-order valence-corrected chi connectivity index (χ0v) is 10.0. The molecule has 0 aliphatic rings. The van der Waals surface area contributed by atoms with Crippen molar-refractivity contribution >= 4 is 0 Å². The van der Waals surface area contributed by atoms with Crippen LogP contribution in [0.4, 0.5) is 0 Å². The second-order valence-electron chi connectivity index (χ2n) is 4.06. The quantitative estimate of drug-likeness (QED) is 0.767. The molecule has 0 spiro atoms. The van der Waals surface area contributed by atoms with E-state index in [4.69, 9.17) is 4.74 Å². The Hall–Kier alpha value is -1.70. The number of methoxy groups -OCH3 is 1. The van der Waals surface area contributed by atoms with Gasteiger partial charge in [0.15, 0.2) is 0 Å². The lowest BCUT2D eigenvalue weighted by Crippen LogP contribution is -2.00. The van der Waals surface area contributed by atoms with E-state index in [0.717, 1.165) is 12.3 Å². The van der Waals surface area contributed by atoms with E-state index in [1.54, 1.807) is 7.11 Å². The van der Waals surface area contributed by atoms with Crippen LogP contribution in [0.15, 0.2) is 36.5 Å². The van der Waals surface area contributed by atoms with Crippen molar-refractivity contribution in [3.63, 3.8) is 0 Å². The highest BCUT2D eigenvalue weighted by molar-refractivity contribution is 5.28. The molecule has 2 heteroatoms. The Kier molecular flexibility index (Phi) is 3.00. The highest BCUT2D eigenvalue weighted by atomic mass is 16.5. The van der Waals surface area contributed by atoms with Crippen LogP contribution in [0.25, 0.3) is 0 Å². The van der Waals surface area contributed by atoms with Gasteiger partial charge in [0.1, 0.15) is 5.75 Å². The third kappa shape index (κ3) is 2.11. The second-order valence-corrected chi connectivity index (χ2v) is 4.06. The molecule has 0 unspecified atom stereocenters. The van der Waals surface area contributed by atoms with Gasteiger partial charge in [-0.1, -0.05) is 12.1 Å². The Morgan fingerprint density at radius 2 is 1.75 bits per heavy atom. The Labute approximate surface area is 96.5 Å². The number of hydrogen-bond donors (Lipinski definition) is 0. The molecule has 1 aromatic heterocycles. The van der Waals surface area contributed by atoms with Crippen molar-refractivity contribution in [2.75, 3.05) is 7.11 Å². The van der Waals surface area contributed by atoms with Crippen LogP contribution in [-0.2, 0) is 6.54 Å². The van der Waals surface area contributed by atoms with Gasteiger partial charge in [-0.15, -0.1) is 0 Å². The molecule has 0 radical (unpaired) electrons. The van der Waals surface area contributed by atoms with Crippen LogP contribution in [0.2, 0.25) is 0 Å². The fraction of sp³-hybridized carbons (Fsp3) is 0.286. The molecular weight excluding hydrogens is 198 g/mol. The predicted octanol–water partition coefficient (Wildman–Crippen LogP) is 3.16. The molecule has 0 aliphatic heterocycles. The Morgan fingerprint density at radius 1 is 1.06 bits per heavy atom. The maximum Gasteiger partial charge on any atom is 0.118 e. The van der Waals surface area contributed by atoms with Crippen molar-refractivity contribution in [2.45, 2.75) is 20.4 Å². The maximum atomic E-state index is 5.14. The van der Waals surface area contributed by atoms with Gasteiger partial charge in [-0.05, 0) is 43.2 Å². The molecule has 0 atom stereocenters. The van der Waals surface area contributed by atoms with Crippen LogP contribution in [0, 0.1) is 13.8 Å². The summed E-state index contributed by atoms with van der Waals surface area (Å²) in [6.07, 6.45) is 2.13. The number of aromatic nitrogens is 1. The Bertz CT molecular complexity index is 468. The molecular formula is C14H17NO. The Morgan fingerprint density at radius 3 is 2.25 bits per heavy atom. The molecule has 0 aliphatic carbocycles. The first kappa shape index (κ1) is 10.8. The minimum atomic E-state index is 0.907. The first-order chi connectivity index (χ1) is 7.70. The summed E-state index contributed by atoms with van der Waals surface area (Å²) >= 11 is 0. The number of aryl methyl sites for hydroxylation is 1. The van der Waals surface area contributed by atoms with E-state index in [0.29, 0.717) is 0 Å². The lowest BCUT2D eigenvalue weighted by atomic mass is 10.2. The van der Waals surface area contributed by atoms with Gasteiger partial charge in [0.2, 0.25) is 0 Å². The van der Waals surface area contributed by atoms with Crippen molar-refractivity contribution in [3.05, 3.63) is 53.3 Å². The third-order valence-corrected chi connectivity index (χ3v) is 3.02. The molecule has 1 heterocycles. The number of rotatable bonds is 3. The number of ether oxygens (including phenoxy) is 1. The first-order valence-electron chi connectivity index (χ1n) is 5.46. The molecule has 0 fully saturated rings. The van der Waals surface area contributed by atoms with Crippen LogP contribution in [0.1, 0.15) is 16.8 Å². The highest BCUT2D eigenvalue weighted by Crippen LogP contribution is 2.14. The van der Waals surface area contributed by atoms with E-state index in [1.165, 1.54) is 16.8 Å². The monoisotopic (exact) mass is 215 g/mol. The van der Waals surface area contributed by atoms with Gasteiger partial charge >= 0.3 is 0 Å². The van der Waals surface area contributed by atoms with E-state index in [1.807, 2.05) is 12.1 Å². The van der Waals surface area contributed by atoms with Gasteiger partial charge in [0, 0.05) is 18.4 Å². The summed E-state index contributed by atoms with van der Waals surface area (Å²) in [4.78, 5) is 0. The summed E-state index contributed by atoms with van der Waals surface area (Å²) in [5.41, 5.74) is 3.96. The van der Waals surface area contributed by atoms with Gasteiger partial charge in [-0.25, -0.2) is 0 Å². The molecule has 0 N–H and O–H groups in total. The molecule has 0 saturated heterocycles. The molecule has 2 rings (SSSR count). The SMILES string of the molecule is COc1ccc(Cn2ccc(C)c2C)cc1. The number of hydrogen-bond acceptors (Lipinski definition) is 1. The van der Waals surface area contributed by atoms with Crippen molar-refractivity contribution in [1.29, 1.82) is 0 Å². The Balaban J connectivity index is 2.17. The van der Waals surface area contributed by atoms with Gasteiger partial charge in [-0.3, -0.25) is 0 Å². The maximum absolute atomic E-state index is 5.14. The van der Waals surface area contributed by atoms with Gasteiger partial charge in [0.25, 0.3) is 0 Å². The molecule has 84 valence electrons. The molecule has 2 aromatic rings. The van der Waals surface area contributed by atoms with Gasteiger partial charge in [0.05, 0.1) is 7.11 Å². The largest absolute Gasteiger partial charge is 0.497 e. The standard InChI is InChI=1S/C14H17NO/c1-11-8-9-15(12(11)2)10-13-4-6-14(16-3)7-5-13/h4-9H,10H2,1-3H3. The average molecular weight is 215 g/mol. The average Bonchev–Trinajstić information content (AvgIpc) is 2.62. The van der Waals surface area contributed by atoms with Crippen molar-refractivity contribution < 1.29 is 4.74 Å². The van der Waals surface area contributed by atoms with Crippen molar-refractivity contribution in [2.24, 2.45) is 0 Å². The van der Waals surface area contributed by atoms with Crippen LogP contribution in [0.3, 0.4) is 0 Å². The topological polar surface area (TPSA) is 14.2 Å². The van der Waals surface area contributed by atoms with E-state index in [9.17, 15) is 0 Å². The van der Waals surface area contributed by atoms with Crippen LogP contribution < -0.4 is 4.74 Å². The normalized spacial score (nSPS) is 10.4. The predicted molar refractivity (Wildman–Crippen MR) is 66.0 cm³/mol. The van der Waals surface area contributed by atoms with E-state index >= 15 is 0 Å². The van der Waals surface area contributed by atoms with Crippen LogP contribution in [0.5, 0.6) is 5.75 Å². The fourth-order valence-corrected chi connectivity index (χ4v) is 1.76. The molecule has 1 aromatic carbocycles. The van der Waals surface area contributed by atoms with Crippen LogP contribution in [-0.4, -0.2) is 11.7 Å². The molecule has 2 nitrogen and oxygen atoms in total. The summed E-state index contributed by atoms with van der Waals surface area (Å²) in [7, 11) is 1.69. The minimum Gasteiger partial charge on any atom is -0.497 e. The number of benzene rings is 1. The van der Waals surface area contributed by atoms with E-state index < -0.39 is 0 Å². The zero-order valence-electron chi connectivity index (χ0n) is 10.0. The lowest BCUT2D eigenvalue weighted by Gasteiger charge is -2.07. The van der Waals surface area contributed by atoms with Crippen molar-refractivity contribution in [3.8, 4) is 5.75 Å². The molecule has 16 heavy (non-hydrogen) atoms. The smallest absolute Gasteiger partial charge is 0.118 e. The van der Waals surface area contributed by atoms with Crippen molar-refractivity contribution in [1.82, 2.24) is 4.57 Å². The fourth-order valence-electron chi connectivity index (χ4n) is 1.76. The summed E-state index contributed by atoms with van der Waals surface area (Å²) in [6.45, 7) is 5.21. The third-order valence-electron chi connectivity index (χ3n) is 3.02.